The third-order valence-electron chi connectivity index (χ3n) is 3.34. The van der Waals surface area contributed by atoms with Gasteiger partial charge in [-0.2, -0.15) is 13.2 Å². The van der Waals surface area contributed by atoms with Gasteiger partial charge in [0.2, 0.25) is 0 Å². The zero-order chi connectivity index (χ0) is 11.6. The first kappa shape index (κ1) is 11.9. The Balaban J connectivity index is 1.82. The van der Waals surface area contributed by atoms with Crippen LogP contribution in [0.4, 0.5) is 13.2 Å². The van der Waals surface area contributed by atoms with Crippen molar-refractivity contribution in [1.82, 2.24) is 10.2 Å². The van der Waals surface area contributed by atoms with Crippen LogP contribution in [0.3, 0.4) is 0 Å². The van der Waals surface area contributed by atoms with Gasteiger partial charge in [-0.05, 0) is 31.8 Å². The monoisotopic (exact) mass is 234 g/mol. The summed E-state index contributed by atoms with van der Waals surface area (Å²) in [6.07, 6.45) is -1.50. The Hall–Kier alpha value is -0.550. The average molecular weight is 234 g/mol. The highest BCUT2D eigenvalue weighted by atomic mass is 19.4. The van der Waals surface area contributed by atoms with E-state index in [9.17, 15) is 13.2 Å². The van der Waals surface area contributed by atoms with Gasteiger partial charge in [0, 0.05) is 25.2 Å². The molecule has 0 bridgehead atoms. The molecule has 2 aliphatic rings. The number of halogens is 3. The van der Waals surface area contributed by atoms with Crippen molar-refractivity contribution < 1.29 is 13.2 Å². The lowest BCUT2D eigenvalue weighted by molar-refractivity contribution is -0.0960. The van der Waals surface area contributed by atoms with Crippen molar-refractivity contribution in [3.63, 3.8) is 0 Å². The first-order chi connectivity index (χ1) is 7.55. The minimum atomic E-state index is -4.12. The number of hydrogen-bond donors (Lipinski definition) is 1. The molecule has 0 saturated carbocycles. The van der Waals surface area contributed by atoms with E-state index in [1.54, 1.807) is 0 Å². The number of hydrogen-bond acceptors (Lipinski definition) is 2. The summed E-state index contributed by atoms with van der Waals surface area (Å²) >= 11 is 0. The largest absolute Gasteiger partial charge is 0.412 e. The van der Waals surface area contributed by atoms with Crippen LogP contribution in [0, 0.1) is 5.92 Å². The number of rotatable bonds is 2. The lowest BCUT2D eigenvalue weighted by Crippen LogP contribution is -2.36. The lowest BCUT2D eigenvalue weighted by atomic mass is 10.0. The molecule has 0 amide bonds. The summed E-state index contributed by atoms with van der Waals surface area (Å²) in [5.74, 6) is 0.612. The zero-order valence-corrected chi connectivity index (χ0v) is 9.19. The van der Waals surface area contributed by atoms with Crippen LogP contribution >= 0.6 is 0 Å². The van der Waals surface area contributed by atoms with E-state index in [2.05, 4.69) is 10.2 Å². The molecule has 2 heterocycles. The van der Waals surface area contributed by atoms with Gasteiger partial charge in [-0.15, -0.1) is 0 Å². The second-order valence-corrected chi connectivity index (χ2v) is 4.60. The first-order valence-electron chi connectivity index (χ1n) is 5.75. The molecule has 0 aliphatic carbocycles. The molecule has 1 unspecified atom stereocenters. The molecular formula is C11H17F3N2. The molecule has 1 atom stereocenters. The second-order valence-electron chi connectivity index (χ2n) is 4.60. The van der Waals surface area contributed by atoms with Crippen LogP contribution in [-0.2, 0) is 0 Å². The number of alkyl halides is 3. The highest BCUT2D eigenvalue weighted by Gasteiger charge is 2.35. The molecule has 5 heteroatoms. The minimum absolute atomic E-state index is 0.143. The Morgan fingerprint density at radius 3 is 2.75 bits per heavy atom. The fourth-order valence-electron chi connectivity index (χ4n) is 2.37. The lowest BCUT2D eigenvalue weighted by Gasteiger charge is -2.29. The molecule has 92 valence electrons. The van der Waals surface area contributed by atoms with Gasteiger partial charge < -0.3 is 5.32 Å². The standard InChI is InChI=1S/C11H17F3N2/c12-11(13,14)10-2-5-16(6-3-10)8-9-1-4-15-7-9/h2,9,15H,1,3-8H2. The smallest absolute Gasteiger partial charge is 0.316 e. The van der Waals surface area contributed by atoms with E-state index in [-0.39, 0.29) is 12.0 Å². The van der Waals surface area contributed by atoms with Crippen molar-refractivity contribution >= 4 is 0 Å². The molecule has 0 aromatic heterocycles. The van der Waals surface area contributed by atoms with Gasteiger partial charge in [-0.3, -0.25) is 4.90 Å². The summed E-state index contributed by atoms with van der Waals surface area (Å²) in [6.45, 7) is 3.97. The molecule has 0 spiro atoms. The predicted molar refractivity (Wildman–Crippen MR) is 56.2 cm³/mol. The minimum Gasteiger partial charge on any atom is -0.316 e. The second kappa shape index (κ2) is 4.75. The summed E-state index contributed by atoms with van der Waals surface area (Å²) in [6, 6.07) is 0. The van der Waals surface area contributed by atoms with E-state index in [4.69, 9.17) is 0 Å². The molecule has 0 aromatic carbocycles. The molecular weight excluding hydrogens is 217 g/mol. The van der Waals surface area contributed by atoms with Crippen LogP contribution in [0.1, 0.15) is 12.8 Å². The molecule has 1 fully saturated rings. The molecule has 2 nitrogen and oxygen atoms in total. The van der Waals surface area contributed by atoms with Gasteiger partial charge in [-0.1, -0.05) is 6.08 Å². The van der Waals surface area contributed by atoms with Crippen molar-refractivity contribution in [3.05, 3.63) is 11.6 Å². The van der Waals surface area contributed by atoms with Crippen molar-refractivity contribution in [2.24, 2.45) is 5.92 Å². The van der Waals surface area contributed by atoms with Gasteiger partial charge in [0.25, 0.3) is 0 Å². The SMILES string of the molecule is FC(F)(F)C1=CCN(CC2CCNC2)CC1. The first-order valence-corrected chi connectivity index (χ1v) is 5.75. The summed E-state index contributed by atoms with van der Waals surface area (Å²) < 4.78 is 37.1. The number of nitrogens with one attached hydrogen (secondary N) is 1. The van der Waals surface area contributed by atoms with Gasteiger partial charge in [0.15, 0.2) is 0 Å². The molecule has 1 N–H and O–H groups in total. The van der Waals surface area contributed by atoms with Crippen molar-refractivity contribution in [2.75, 3.05) is 32.7 Å². The van der Waals surface area contributed by atoms with Crippen LogP contribution in [0.15, 0.2) is 11.6 Å². The Morgan fingerprint density at radius 1 is 1.44 bits per heavy atom. The van der Waals surface area contributed by atoms with Gasteiger partial charge in [-0.25, -0.2) is 0 Å². The predicted octanol–water partition coefficient (Wildman–Crippen LogP) is 1.79. The highest BCUT2D eigenvalue weighted by molar-refractivity contribution is 5.13. The maximum absolute atomic E-state index is 12.4. The van der Waals surface area contributed by atoms with E-state index in [1.165, 1.54) is 6.08 Å². The fourth-order valence-corrected chi connectivity index (χ4v) is 2.37. The van der Waals surface area contributed by atoms with Gasteiger partial charge in [0.1, 0.15) is 0 Å². The molecule has 2 rings (SSSR count). The molecule has 1 saturated heterocycles. The highest BCUT2D eigenvalue weighted by Crippen LogP contribution is 2.30. The maximum Gasteiger partial charge on any atom is 0.412 e. The molecule has 16 heavy (non-hydrogen) atoms. The Bertz CT molecular complexity index is 267. The maximum atomic E-state index is 12.4. The summed E-state index contributed by atoms with van der Waals surface area (Å²) in [5.41, 5.74) is -0.353. The normalized spacial score (nSPS) is 28.2. The Kier molecular flexibility index (Phi) is 3.54. The van der Waals surface area contributed by atoms with Gasteiger partial charge >= 0.3 is 6.18 Å². The van der Waals surface area contributed by atoms with Crippen LogP contribution in [0.2, 0.25) is 0 Å². The van der Waals surface area contributed by atoms with Crippen LogP contribution < -0.4 is 5.32 Å². The average Bonchev–Trinajstić information content (AvgIpc) is 2.70. The van der Waals surface area contributed by atoms with Crippen molar-refractivity contribution in [3.8, 4) is 0 Å². The van der Waals surface area contributed by atoms with Crippen LogP contribution in [0.25, 0.3) is 0 Å². The molecule has 0 aromatic rings. The third kappa shape index (κ3) is 2.98. The zero-order valence-electron chi connectivity index (χ0n) is 9.19. The Morgan fingerprint density at radius 2 is 2.25 bits per heavy atom. The Labute approximate surface area is 93.5 Å². The van der Waals surface area contributed by atoms with E-state index < -0.39 is 6.18 Å². The van der Waals surface area contributed by atoms with Gasteiger partial charge in [0.05, 0.1) is 0 Å². The van der Waals surface area contributed by atoms with Crippen LogP contribution in [0.5, 0.6) is 0 Å². The fraction of sp³-hybridized carbons (Fsp3) is 0.818. The van der Waals surface area contributed by atoms with E-state index in [0.29, 0.717) is 19.0 Å². The number of nitrogens with zero attached hydrogens (tertiary/aromatic N) is 1. The van der Waals surface area contributed by atoms with E-state index in [0.717, 1.165) is 26.1 Å². The summed E-state index contributed by atoms with van der Waals surface area (Å²) in [7, 11) is 0. The molecule has 0 radical (unpaired) electrons. The topological polar surface area (TPSA) is 15.3 Å². The quantitative estimate of drug-likeness (QED) is 0.733. The van der Waals surface area contributed by atoms with E-state index >= 15 is 0 Å². The van der Waals surface area contributed by atoms with Crippen molar-refractivity contribution in [2.45, 2.75) is 19.0 Å². The van der Waals surface area contributed by atoms with Crippen molar-refractivity contribution in [1.29, 1.82) is 0 Å². The van der Waals surface area contributed by atoms with Crippen LogP contribution in [-0.4, -0.2) is 43.8 Å². The summed E-state index contributed by atoms with van der Waals surface area (Å²) in [4.78, 5) is 2.12. The molecule has 2 aliphatic heterocycles. The third-order valence-corrected chi connectivity index (χ3v) is 3.34. The summed E-state index contributed by atoms with van der Waals surface area (Å²) in [5, 5.41) is 3.27. The van der Waals surface area contributed by atoms with E-state index in [1.807, 2.05) is 0 Å².